The number of rotatable bonds is 6. The second-order valence-electron chi connectivity index (χ2n) is 6.86. The van der Waals surface area contributed by atoms with Gasteiger partial charge in [0.2, 0.25) is 0 Å². The average Bonchev–Trinajstić information content (AvgIpc) is 3.31. The van der Waals surface area contributed by atoms with Crippen molar-refractivity contribution < 1.29 is 23.7 Å². The fourth-order valence-corrected chi connectivity index (χ4v) is 3.52. The molecule has 2 aliphatic rings. The molecule has 2 N–H and O–H groups in total. The Kier molecular flexibility index (Phi) is 5.76. The highest BCUT2D eigenvalue weighted by molar-refractivity contribution is 5.89. The van der Waals surface area contributed by atoms with Crippen molar-refractivity contribution in [2.75, 3.05) is 25.6 Å². The molecule has 7 heteroatoms. The Bertz CT molecular complexity index is 783. The largest absolute Gasteiger partial charge is 0.497 e. The van der Waals surface area contributed by atoms with E-state index in [2.05, 4.69) is 10.6 Å². The van der Waals surface area contributed by atoms with Crippen LogP contribution in [0.2, 0.25) is 0 Å². The zero-order chi connectivity index (χ0) is 19.3. The summed E-state index contributed by atoms with van der Waals surface area (Å²) in [6, 6.07) is 16.6. The Balaban J connectivity index is 1.27. The minimum atomic E-state index is -0.295. The van der Waals surface area contributed by atoms with Crippen LogP contribution in [0, 0.1) is 0 Å². The molecule has 0 saturated carbocycles. The van der Waals surface area contributed by atoms with E-state index in [1.54, 1.807) is 31.4 Å². The van der Waals surface area contributed by atoms with Gasteiger partial charge in [-0.1, -0.05) is 30.3 Å². The molecule has 0 radical (unpaired) electrons. The smallest absolute Gasteiger partial charge is 0.319 e. The van der Waals surface area contributed by atoms with E-state index in [0.29, 0.717) is 25.5 Å². The topological polar surface area (TPSA) is 78.1 Å². The molecule has 7 nitrogen and oxygen atoms in total. The van der Waals surface area contributed by atoms with Gasteiger partial charge in [-0.2, -0.15) is 0 Å². The van der Waals surface area contributed by atoms with E-state index in [-0.39, 0.29) is 30.4 Å². The molecule has 0 bridgehead atoms. The van der Waals surface area contributed by atoms with E-state index < -0.39 is 0 Å². The quantitative estimate of drug-likeness (QED) is 0.800. The molecule has 2 aromatic rings. The first-order valence-corrected chi connectivity index (χ1v) is 9.33. The normalized spacial score (nSPS) is 25.9. The van der Waals surface area contributed by atoms with E-state index in [1.807, 2.05) is 30.3 Å². The minimum absolute atomic E-state index is 0.137. The summed E-state index contributed by atoms with van der Waals surface area (Å²) < 4.78 is 22.8. The van der Waals surface area contributed by atoms with Crippen LogP contribution in [0.25, 0.3) is 0 Å². The third kappa shape index (κ3) is 4.27. The first kappa shape index (κ1) is 18.7. The van der Waals surface area contributed by atoms with Gasteiger partial charge in [0.05, 0.1) is 33.0 Å². The van der Waals surface area contributed by atoms with E-state index in [1.165, 1.54) is 0 Å². The van der Waals surface area contributed by atoms with Gasteiger partial charge in [-0.15, -0.1) is 0 Å². The zero-order valence-electron chi connectivity index (χ0n) is 15.7. The number of ether oxygens (including phenoxy) is 4. The van der Waals surface area contributed by atoms with Crippen molar-refractivity contribution >= 4 is 11.7 Å². The first-order valence-electron chi connectivity index (χ1n) is 9.33. The highest BCUT2D eigenvalue weighted by Crippen LogP contribution is 2.29. The number of urea groups is 1. The standard InChI is InChI=1S/C21H24N2O5/c1-25-16-9-7-15(8-10-16)22-21(24)23-17-12-27-20-18(13-28-19(17)20)26-11-14-5-3-2-4-6-14/h2-10,17-20H,11-13H2,1H3,(H2,22,23,24)/t17-,18-,19-,20+/m1/s1. The fourth-order valence-electron chi connectivity index (χ4n) is 3.52. The van der Waals surface area contributed by atoms with Gasteiger partial charge in [-0.3, -0.25) is 0 Å². The van der Waals surface area contributed by atoms with Crippen LogP contribution >= 0.6 is 0 Å². The molecule has 2 saturated heterocycles. The number of amides is 2. The number of benzene rings is 2. The lowest BCUT2D eigenvalue weighted by atomic mass is 10.1. The van der Waals surface area contributed by atoms with Crippen molar-refractivity contribution in [1.82, 2.24) is 5.32 Å². The molecular formula is C21H24N2O5. The third-order valence-electron chi connectivity index (χ3n) is 4.98. The predicted octanol–water partition coefficient (Wildman–Crippen LogP) is 2.57. The summed E-state index contributed by atoms with van der Waals surface area (Å²) in [6.45, 7) is 1.37. The van der Waals surface area contributed by atoms with Gasteiger partial charge < -0.3 is 29.6 Å². The molecule has 0 aliphatic carbocycles. The second-order valence-corrected chi connectivity index (χ2v) is 6.86. The van der Waals surface area contributed by atoms with Crippen molar-refractivity contribution in [2.24, 2.45) is 0 Å². The Morgan fingerprint density at radius 1 is 1.04 bits per heavy atom. The van der Waals surface area contributed by atoms with Crippen molar-refractivity contribution in [3.63, 3.8) is 0 Å². The van der Waals surface area contributed by atoms with Crippen molar-refractivity contribution in [1.29, 1.82) is 0 Å². The molecule has 28 heavy (non-hydrogen) atoms. The fraction of sp³-hybridized carbons (Fsp3) is 0.381. The molecule has 148 valence electrons. The Hall–Kier alpha value is -2.61. The predicted molar refractivity (Wildman–Crippen MR) is 103 cm³/mol. The van der Waals surface area contributed by atoms with E-state index >= 15 is 0 Å². The highest BCUT2D eigenvalue weighted by Gasteiger charge is 2.48. The van der Waals surface area contributed by atoms with Crippen molar-refractivity contribution in [3.05, 3.63) is 60.2 Å². The summed E-state index contributed by atoms with van der Waals surface area (Å²) in [6.07, 6.45) is -0.515. The van der Waals surface area contributed by atoms with Crippen LogP contribution in [-0.2, 0) is 20.8 Å². The lowest BCUT2D eigenvalue weighted by Crippen LogP contribution is -2.46. The monoisotopic (exact) mass is 384 g/mol. The van der Waals surface area contributed by atoms with Crippen molar-refractivity contribution in [3.8, 4) is 5.75 Å². The average molecular weight is 384 g/mol. The van der Waals surface area contributed by atoms with E-state index in [0.717, 1.165) is 11.3 Å². The summed E-state index contributed by atoms with van der Waals surface area (Å²) in [7, 11) is 1.60. The Labute approximate surface area is 163 Å². The van der Waals surface area contributed by atoms with Crippen LogP contribution < -0.4 is 15.4 Å². The molecule has 2 amide bonds. The summed E-state index contributed by atoms with van der Waals surface area (Å²) in [5, 5.41) is 5.74. The number of methoxy groups -OCH3 is 1. The minimum Gasteiger partial charge on any atom is -0.497 e. The number of nitrogens with one attached hydrogen (secondary N) is 2. The van der Waals surface area contributed by atoms with E-state index in [9.17, 15) is 4.79 Å². The lowest BCUT2D eigenvalue weighted by Gasteiger charge is -2.18. The summed E-state index contributed by atoms with van der Waals surface area (Å²) in [5.74, 6) is 0.735. The summed E-state index contributed by atoms with van der Waals surface area (Å²) in [4.78, 5) is 12.3. The van der Waals surface area contributed by atoms with Gasteiger partial charge in [-0.05, 0) is 29.8 Å². The number of hydrogen-bond donors (Lipinski definition) is 2. The highest BCUT2D eigenvalue weighted by atomic mass is 16.6. The Morgan fingerprint density at radius 2 is 1.79 bits per heavy atom. The molecule has 2 fully saturated rings. The maximum atomic E-state index is 12.3. The van der Waals surface area contributed by atoms with Crippen LogP contribution in [-0.4, -0.2) is 50.7 Å². The molecule has 4 rings (SSSR count). The van der Waals surface area contributed by atoms with Gasteiger partial charge in [0.15, 0.2) is 0 Å². The number of hydrogen-bond acceptors (Lipinski definition) is 5. The van der Waals surface area contributed by atoms with Crippen LogP contribution in [0.3, 0.4) is 0 Å². The molecule has 0 unspecified atom stereocenters. The zero-order valence-corrected chi connectivity index (χ0v) is 15.7. The van der Waals surface area contributed by atoms with Gasteiger partial charge in [0, 0.05) is 5.69 Å². The van der Waals surface area contributed by atoms with Gasteiger partial charge >= 0.3 is 6.03 Å². The van der Waals surface area contributed by atoms with Crippen LogP contribution in [0.5, 0.6) is 5.75 Å². The maximum absolute atomic E-state index is 12.3. The van der Waals surface area contributed by atoms with Gasteiger partial charge in [-0.25, -0.2) is 4.79 Å². The number of carbonyl (C=O) groups excluding carboxylic acids is 1. The summed E-state index contributed by atoms with van der Waals surface area (Å²) in [5.41, 5.74) is 1.79. The number of anilines is 1. The third-order valence-corrected chi connectivity index (χ3v) is 4.98. The molecule has 2 heterocycles. The number of carbonyl (C=O) groups is 1. The molecular weight excluding hydrogens is 360 g/mol. The van der Waals surface area contributed by atoms with Crippen LogP contribution in [0.15, 0.2) is 54.6 Å². The van der Waals surface area contributed by atoms with Crippen LogP contribution in [0.1, 0.15) is 5.56 Å². The number of fused-ring (bicyclic) bond motifs is 1. The Morgan fingerprint density at radius 3 is 2.54 bits per heavy atom. The molecule has 2 aromatic carbocycles. The SMILES string of the molecule is COc1ccc(NC(=O)N[C@@H]2CO[C@@H]3[C@@H]2OC[C@H]3OCc2ccccc2)cc1. The van der Waals surface area contributed by atoms with Crippen molar-refractivity contribution in [2.45, 2.75) is 31.0 Å². The lowest BCUT2D eigenvalue weighted by molar-refractivity contribution is -0.0392. The molecule has 0 spiro atoms. The van der Waals surface area contributed by atoms with Gasteiger partial charge in [0.1, 0.15) is 24.1 Å². The van der Waals surface area contributed by atoms with Gasteiger partial charge in [0.25, 0.3) is 0 Å². The molecule has 2 aliphatic heterocycles. The first-order chi connectivity index (χ1) is 13.7. The summed E-state index contributed by atoms with van der Waals surface area (Å²) >= 11 is 0. The second kappa shape index (κ2) is 8.60. The van der Waals surface area contributed by atoms with E-state index in [4.69, 9.17) is 18.9 Å². The van der Waals surface area contributed by atoms with Crippen LogP contribution in [0.4, 0.5) is 10.5 Å². The molecule has 0 aromatic heterocycles. The molecule has 4 atom stereocenters. The maximum Gasteiger partial charge on any atom is 0.319 e.